The van der Waals surface area contributed by atoms with Gasteiger partial charge in [-0.2, -0.15) is 0 Å². The number of thiophene rings is 1. The largest absolute Gasteiger partial charge is 0.459 e. The van der Waals surface area contributed by atoms with Crippen LogP contribution in [0.4, 0.5) is 0 Å². The van der Waals surface area contributed by atoms with Crippen LogP contribution in [0.2, 0.25) is 0 Å². The molecule has 0 radical (unpaired) electrons. The molecule has 2 nitrogen and oxygen atoms in total. The van der Waals surface area contributed by atoms with E-state index >= 15 is 0 Å². The highest BCUT2D eigenvalue weighted by Gasteiger charge is 2.15. The topological polar surface area (TPSA) is 25.2 Å². The van der Waals surface area contributed by atoms with Crippen LogP contribution in [0.25, 0.3) is 11.0 Å². The van der Waals surface area contributed by atoms with Gasteiger partial charge in [0.25, 0.3) is 0 Å². The smallest absolute Gasteiger partial charge is 0.134 e. The second-order valence-electron chi connectivity index (χ2n) is 4.96. The summed E-state index contributed by atoms with van der Waals surface area (Å²) in [5, 5.41) is 6.82. The van der Waals surface area contributed by atoms with Gasteiger partial charge >= 0.3 is 0 Å². The van der Waals surface area contributed by atoms with Gasteiger partial charge in [-0.1, -0.05) is 22.0 Å². The second kappa shape index (κ2) is 5.72. The second-order valence-corrected chi connectivity index (χ2v) is 6.85. The number of furan rings is 1. The van der Waals surface area contributed by atoms with Gasteiger partial charge in [-0.05, 0) is 49.6 Å². The maximum absolute atomic E-state index is 5.92. The number of nitrogens with one attached hydrogen (secondary N) is 1. The quantitative estimate of drug-likeness (QED) is 0.656. The van der Waals surface area contributed by atoms with Crippen molar-refractivity contribution in [2.24, 2.45) is 0 Å². The van der Waals surface area contributed by atoms with Crippen molar-refractivity contribution in [2.75, 3.05) is 0 Å². The molecule has 0 fully saturated rings. The van der Waals surface area contributed by atoms with E-state index in [1.807, 2.05) is 12.1 Å². The molecule has 0 saturated carbocycles. The Balaban J connectivity index is 1.80. The minimum atomic E-state index is 0.179. The maximum Gasteiger partial charge on any atom is 0.134 e. The summed E-state index contributed by atoms with van der Waals surface area (Å²) >= 11 is 5.27. The molecule has 0 aliphatic rings. The highest BCUT2D eigenvalue weighted by Crippen LogP contribution is 2.28. The summed E-state index contributed by atoms with van der Waals surface area (Å²) in [5.74, 6) is 0.974. The number of hydrogen-bond donors (Lipinski definition) is 1. The van der Waals surface area contributed by atoms with E-state index in [1.165, 1.54) is 4.88 Å². The Morgan fingerprint density at radius 2 is 2.00 bits per heavy atom. The lowest BCUT2D eigenvalue weighted by molar-refractivity contribution is 0.420. The Labute approximate surface area is 130 Å². The van der Waals surface area contributed by atoms with E-state index in [0.717, 1.165) is 21.2 Å². The van der Waals surface area contributed by atoms with Crippen LogP contribution in [0.5, 0.6) is 0 Å². The third kappa shape index (κ3) is 2.82. The SMILES string of the molecule is CC(N[C@H](C)c1cccs1)c1cc2cc(Br)ccc2o1. The number of halogens is 1. The van der Waals surface area contributed by atoms with Crippen LogP contribution in [0, 0.1) is 0 Å². The van der Waals surface area contributed by atoms with Gasteiger partial charge in [0.15, 0.2) is 0 Å². The molecule has 0 amide bonds. The molecule has 1 aromatic carbocycles. The summed E-state index contributed by atoms with van der Waals surface area (Å²) in [7, 11) is 0. The van der Waals surface area contributed by atoms with Gasteiger partial charge in [0.2, 0.25) is 0 Å². The van der Waals surface area contributed by atoms with Crippen LogP contribution < -0.4 is 5.32 Å². The summed E-state index contributed by atoms with van der Waals surface area (Å²) in [6, 6.07) is 12.9. The number of fused-ring (bicyclic) bond motifs is 1. The van der Waals surface area contributed by atoms with E-state index < -0.39 is 0 Å². The maximum atomic E-state index is 5.92. The first-order valence-electron chi connectivity index (χ1n) is 6.62. The van der Waals surface area contributed by atoms with Gasteiger partial charge in [0.1, 0.15) is 11.3 Å². The van der Waals surface area contributed by atoms with E-state index in [-0.39, 0.29) is 6.04 Å². The van der Waals surface area contributed by atoms with E-state index in [9.17, 15) is 0 Å². The normalized spacial score (nSPS) is 14.6. The fourth-order valence-electron chi connectivity index (χ4n) is 2.33. The minimum Gasteiger partial charge on any atom is -0.459 e. The van der Waals surface area contributed by atoms with Gasteiger partial charge in [-0.15, -0.1) is 11.3 Å². The lowest BCUT2D eigenvalue weighted by atomic mass is 10.2. The molecule has 2 heterocycles. The van der Waals surface area contributed by atoms with Crippen molar-refractivity contribution in [1.82, 2.24) is 5.32 Å². The average molecular weight is 350 g/mol. The molecular formula is C16H16BrNOS. The number of benzene rings is 1. The highest BCUT2D eigenvalue weighted by atomic mass is 79.9. The predicted octanol–water partition coefficient (Wildman–Crippen LogP) is 5.67. The lowest BCUT2D eigenvalue weighted by Crippen LogP contribution is -2.21. The molecule has 0 bridgehead atoms. The van der Waals surface area contributed by atoms with Crippen LogP contribution >= 0.6 is 27.3 Å². The van der Waals surface area contributed by atoms with Crippen LogP contribution in [0.3, 0.4) is 0 Å². The monoisotopic (exact) mass is 349 g/mol. The zero-order valence-corrected chi connectivity index (χ0v) is 13.8. The molecule has 104 valence electrons. The molecule has 2 atom stereocenters. The molecule has 3 rings (SSSR count). The molecule has 1 unspecified atom stereocenters. The Kier molecular flexibility index (Phi) is 3.96. The van der Waals surface area contributed by atoms with Gasteiger partial charge < -0.3 is 9.73 Å². The molecule has 0 aliphatic carbocycles. The molecule has 3 aromatic rings. The van der Waals surface area contributed by atoms with Crippen molar-refractivity contribution in [3.8, 4) is 0 Å². The fourth-order valence-corrected chi connectivity index (χ4v) is 3.45. The molecule has 0 spiro atoms. The van der Waals surface area contributed by atoms with Crippen LogP contribution in [-0.2, 0) is 0 Å². The lowest BCUT2D eigenvalue weighted by Gasteiger charge is -2.17. The van der Waals surface area contributed by atoms with Crippen molar-refractivity contribution >= 4 is 38.2 Å². The summed E-state index contributed by atoms with van der Waals surface area (Å²) < 4.78 is 7.00. The van der Waals surface area contributed by atoms with Crippen LogP contribution in [0.1, 0.15) is 36.6 Å². The van der Waals surface area contributed by atoms with Gasteiger partial charge in [0, 0.05) is 20.8 Å². The van der Waals surface area contributed by atoms with E-state index in [0.29, 0.717) is 6.04 Å². The van der Waals surface area contributed by atoms with Crippen LogP contribution in [0.15, 0.2) is 50.7 Å². The Bertz CT molecular complexity index is 704. The summed E-state index contributed by atoms with van der Waals surface area (Å²) in [5.41, 5.74) is 0.931. The van der Waals surface area contributed by atoms with Crippen molar-refractivity contribution in [3.05, 3.63) is 56.9 Å². The minimum absolute atomic E-state index is 0.179. The van der Waals surface area contributed by atoms with E-state index in [1.54, 1.807) is 11.3 Å². The van der Waals surface area contributed by atoms with Crippen LogP contribution in [-0.4, -0.2) is 0 Å². The first-order chi connectivity index (χ1) is 9.63. The van der Waals surface area contributed by atoms with Gasteiger partial charge in [-0.3, -0.25) is 0 Å². The third-order valence-corrected chi connectivity index (χ3v) is 4.94. The summed E-state index contributed by atoms with van der Waals surface area (Å²) in [6.07, 6.45) is 0. The summed E-state index contributed by atoms with van der Waals surface area (Å²) in [6.45, 7) is 4.32. The molecule has 0 aliphatic heterocycles. The molecule has 20 heavy (non-hydrogen) atoms. The van der Waals surface area contributed by atoms with Crippen molar-refractivity contribution in [3.63, 3.8) is 0 Å². The molecule has 2 aromatic heterocycles. The zero-order valence-electron chi connectivity index (χ0n) is 11.4. The first-order valence-corrected chi connectivity index (χ1v) is 8.29. The van der Waals surface area contributed by atoms with Gasteiger partial charge in [0.05, 0.1) is 6.04 Å². The average Bonchev–Trinajstić information content (AvgIpc) is 3.07. The Morgan fingerprint density at radius 1 is 1.15 bits per heavy atom. The van der Waals surface area contributed by atoms with Crippen molar-refractivity contribution < 1.29 is 4.42 Å². The molecule has 0 saturated heterocycles. The van der Waals surface area contributed by atoms with Crippen molar-refractivity contribution in [2.45, 2.75) is 25.9 Å². The molecule has 1 N–H and O–H groups in total. The fraction of sp³-hybridized carbons (Fsp3) is 0.250. The van der Waals surface area contributed by atoms with E-state index in [2.05, 4.69) is 64.7 Å². The molecule has 4 heteroatoms. The number of rotatable bonds is 4. The standard InChI is InChI=1S/C16H16BrNOS/c1-10(18-11(2)16-4-3-7-20-16)15-9-12-8-13(17)5-6-14(12)19-15/h3-11,18H,1-2H3/t10?,11-/m1/s1. The predicted molar refractivity (Wildman–Crippen MR) is 88.2 cm³/mol. The first kappa shape index (κ1) is 13.9. The zero-order chi connectivity index (χ0) is 14.1. The molecular weight excluding hydrogens is 334 g/mol. The highest BCUT2D eigenvalue weighted by molar-refractivity contribution is 9.10. The third-order valence-electron chi connectivity index (χ3n) is 3.39. The Hall–Kier alpha value is -1.10. The number of hydrogen-bond acceptors (Lipinski definition) is 3. The Morgan fingerprint density at radius 3 is 2.75 bits per heavy atom. The van der Waals surface area contributed by atoms with E-state index in [4.69, 9.17) is 4.42 Å². The summed E-state index contributed by atoms with van der Waals surface area (Å²) in [4.78, 5) is 1.34. The van der Waals surface area contributed by atoms with Gasteiger partial charge in [-0.25, -0.2) is 0 Å². The van der Waals surface area contributed by atoms with Crippen molar-refractivity contribution in [1.29, 1.82) is 0 Å².